The van der Waals surface area contributed by atoms with Crippen molar-refractivity contribution in [3.63, 3.8) is 0 Å². The molecule has 0 saturated heterocycles. The summed E-state index contributed by atoms with van der Waals surface area (Å²) in [5.41, 5.74) is 2.70. The number of hydrogen-bond donors (Lipinski definition) is 1. The maximum atomic E-state index is 12.8. The molecule has 142 valence electrons. The predicted molar refractivity (Wildman–Crippen MR) is 118 cm³/mol. The van der Waals surface area contributed by atoms with E-state index in [1.54, 1.807) is 6.20 Å². The number of anilines is 2. The van der Waals surface area contributed by atoms with Gasteiger partial charge in [-0.15, -0.1) is 11.3 Å². The number of amides is 1. The number of hydrogen-bond acceptors (Lipinski definition) is 5. The number of fused-ring (bicyclic) bond motifs is 1. The molecule has 0 aliphatic carbocycles. The molecule has 1 N–H and O–H groups in total. The summed E-state index contributed by atoms with van der Waals surface area (Å²) in [5, 5.41) is 2.89. The zero-order valence-corrected chi connectivity index (χ0v) is 18.0. The van der Waals surface area contributed by atoms with Crippen LogP contribution in [-0.2, 0) is 0 Å². The van der Waals surface area contributed by atoms with E-state index in [1.807, 2.05) is 68.4 Å². The number of nitrogens with one attached hydrogen (secondary N) is 1. The number of halogens is 1. The summed E-state index contributed by atoms with van der Waals surface area (Å²) in [6.45, 7) is 1.92. The number of imidazole rings is 1. The van der Waals surface area contributed by atoms with E-state index in [2.05, 4.69) is 30.8 Å². The lowest BCUT2D eigenvalue weighted by molar-refractivity contribution is 0.103. The Labute approximate surface area is 175 Å². The van der Waals surface area contributed by atoms with Gasteiger partial charge in [-0.05, 0) is 48.9 Å². The molecule has 0 aliphatic rings. The minimum absolute atomic E-state index is 0.182. The second-order valence-corrected chi connectivity index (χ2v) is 8.49. The molecule has 0 radical (unpaired) electrons. The van der Waals surface area contributed by atoms with Crippen molar-refractivity contribution in [2.75, 3.05) is 24.3 Å². The van der Waals surface area contributed by atoms with Gasteiger partial charge < -0.3 is 10.2 Å². The smallest absolute Gasteiger partial charge is 0.267 e. The second-order valence-electron chi connectivity index (χ2n) is 6.54. The molecule has 0 atom stereocenters. The van der Waals surface area contributed by atoms with Crippen LogP contribution >= 0.6 is 27.3 Å². The fraction of sp³-hybridized carbons (Fsp3) is 0.150. The van der Waals surface area contributed by atoms with Gasteiger partial charge in [-0.25, -0.2) is 9.97 Å². The molecule has 6 nitrogen and oxygen atoms in total. The number of rotatable bonds is 4. The first kappa shape index (κ1) is 18.6. The lowest BCUT2D eigenvalue weighted by Gasteiger charge is -2.14. The minimum atomic E-state index is -0.182. The van der Waals surface area contributed by atoms with Crippen LogP contribution in [0.1, 0.15) is 15.2 Å². The predicted octanol–water partition coefficient (Wildman–Crippen LogP) is 4.87. The van der Waals surface area contributed by atoms with Crippen LogP contribution in [0.2, 0.25) is 0 Å². The summed E-state index contributed by atoms with van der Waals surface area (Å²) >= 11 is 4.89. The highest BCUT2D eigenvalue weighted by Gasteiger charge is 2.20. The number of aromatic nitrogens is 3. The van der Waals surface area contributed by atoms with E-state index in [4.69, 9.17) is 4.98 Å². The Hall–Kier alpha value is -2.71. The summed E-state index contributed by atoms with van der Waals surface area (Å²) in [4.78, 5) is 25.2. The topological polar surface area (TPSA) is 63.1 Å². The van der Waals surface area contributed by atoms with Crippen molar-refractivity contribution in [3.05, 3.63) is 63.6 Å². The lowest BCUT2D eigenvalue weighted by Crippen LogP contribution is -2.15. The van der Waals surface area contributed by atoms with Crippen molar-refractivity contribution in [3.8, 4) is 5.69 Å². The number of nitrogens with zero attached hydrogens (tertiary/aromatic N) is 4. The fourth-order valence-corrected chi connectivity index (χ4v) is 4.16. The van der Waals surface area contributed by atoms with E-state index < -0.39 is 0 Å². The third-order valence-corrected chi connectivity index (χ3v) is 5.90. The summed E-state index contributed by atoms with van der Waals surface area (Å²) in [6.07, 6.45) is 1.67. The molecule has 8 heteroatoms. The van der Waals surface area contributed by atoms with Gasteiger partial charge in [0.05, 0.1) is 4.88 Å². The fourth-order valence-electron chi connectivity index (χ4n) is 2.88. The van der Waals surface area contributed by atoms with Crippen molar-refractivity contribution >= 4 is 55.3 Å². The van der Waals surface area contributed by atoms with Gasteiger partial charge in [-0.1, -0.05) is 22.0 Å². The van der Waals surface area contributed by atoms with Crippen LogP contribution < -0.4 is 10.2 Å². The van der Waals surface area contributed by atoms with Gasteiger partial charge in [-0.3, -0.25) is 9.36 Å². The first-order chi connectivity index (χ1) is 13.4. The number of benzene rings is 1. The van der Waals surface area contributed by atoms with Crippen LogP contribution in [0, 0.1) is 6.92 Å². The Kier molecular flexibility index (Phi) is 4.91. The van der Waals surface area contributed by atoms with Gasteiger partial charge in [0.15, 0.2) is 0 Å². The molecule has 4 rings (SSSR count). The standard InChI is InChI=1S/C20H18BrN5OS/c1-12-5-4-10-22-17(12)24-18(27)16-11-15-19(28-16)26(20(23-15)25(2)3)14-8-6-13(21)7-9-14/h4-11H,1-3H3,(H,22,24,27). The molecule has 3 aromatic heterocycles. The number of pyridine rings is 1. The van der Waals surface area contributed by atoms with Crippen LogP contribution in [0.4, 0.5) is 11.8 Å². The molecule has 0 bridgehead atoms. The Balaban J connectivity index is 1.76. The molecular formula is C20H18BrN5OS. The monoisotopic (exact) mass is 455 g/mol. The number of aryl methyl sites for hydroxylation is 1. The molecule has 0 unspecified atom stereocenters. The normalized spacial score (nSPS) is 11.0. The molecule has 4 aromatic rings. The van der Waals surface area contributed by atoms with E-state index in [9.17, 15) is 4.79 Å². The molecule has 28 heavy (non-hydrogen) atoms. The Morgan fingerprint density at radius 1 is 1.21 bits per heavy atom. The van der Waals surface area contributed by atoms with E-state index in [0.29, 0.717) is 10.7 Å². The van der Waals surface area contributed by atoms with Crippen LogP contribution in [0.15, 0.2) is 53.1 Å². The third kappa shape index (κ3) is 3.41. The van der Waals surface area contributed by atoms with Crippen molar-refractivity contribution in [1.82, 2.24) is 14.5 Å². The summed E-state index contributed by atoms with van der Waals surface area (Å²) in [5.74, 6) is 1.21. The van der Waals surface area contributed by atoms with Crippen LogP contribution in [0.25, 0.3) is 16.0 Å². The average Bonchev–Trinajstić information content (AvgIpc) is 3.22. The quantitative estimate of drug-likeness (QED) is 0.476. The zero-order chi connectivity index (χ0) is 19.8. The minimum Gasteiger partial charge on any atom is -0.348 e. The third-order valence-electron chi connectivity index (χ3n) is 4.27. The first-order valence-corrected chi connectivity index (χ1v) is 10.2. The summed E-state index contributed by atoms with van der Waals surface area (Å²) in [7, 11) is 3.91. The van der Waals surface area contributed by atoms with Gasteiger partial charge in [0.25, 0.3) is 5.91 Å². The highest BCUT2D eigenvalue weighted by Crippen LogP contribution is 2.33. The SMILES string of the molecule is Cc1cccnc1NC(=O)c1cc2nc(N(C)C)n(-c3ccc(Br)cc3)c2s1. The van der Waals surface area contributed by atoms with Crippen molar-refractivity contribution < 1.29 is 4.79 Å². The van der Waals surface area contributed by atoms with Gasteiger partial charge in [-0.2, -0.15) is 0 Å². The summed E-state index contributed by atoms with van der Waals surface area (Å²) < 4.78 is 3.07. The van der Waals surface area contributed by atoms with Crippen LogP contribution in [-0.4, -0.2) is 34.5 Å². The Morgan fingerprint density at radius 3 is 2.64 bits per heavy atom. The van der Waals surface area contributed by atoms with Crippen LogP contribution in [0.5, 0.6) is 0 Å². The van der Waals surface area contributed by atoms with Crippen molar-refractivity contribution in [2.45, 2.75) is 6.92 Å². The molecule has 0 saturated carbocycles. The first-order valence-electron chi connectivity index (χ1n) is 8.62. The maximum Gasteiger partial charge on any atom is 0.267 e. The number of carbonyl (C=O) groups is 1. The van der Waals surface area contributed by atoms with Crippen LogP contribution in [0.3, 0.4) is 0 Å². The van der Waals surface area contributed by atoms with Crippen molar-refractivity contribution in [2.24, 2.45) is 0 Å². The van der Waals surface area contributed by atoms with Gasteiger partial charge >= 0.3 is 0 Å². The Bertz CT molecular complexity index is 1160. The zero-order valence-electron chi connectivity index (χ0n) is 15.6. The molecule has 0 spiro atoms. The van der Waals surface area contributed by atoms with Crippen molar-refractivity contribution in [1.29, 1.82) is 0 Å². The lowest BCUT2D eigenvalue weighted by atomic mass is 10.3. The highest BCUT2D eigenvalue weighted by atomic mass is 79.9. The molecule has 0 fully saturated rings. The van der Waals surface area contributed by atoms with Gasteiger partial charge in [0.1, 0.15) is 16.2 Å². The second kappa shape index (κ2) is 7.37. The number of carbonyl (C=O) groups excluding carboxylic acids is 1. The molecule has 1 aromatic carbocycles. The number of thiophene rings is 1. The highest BCUT2D eigenvalue weighted by molar-refractivity contribution is 9.10. The maximum absolute atomic E-state index is 12.8. The van der Waals surface area contributed by atoms with Gasteiger partial charge in [0, 0.05) is 30.5 Å². The molecule has 1 amide bonds. The van der Waals surface area contributed by atoms with Gasteiger partial charge in [0.2, 0.25) is 5.95 Å². The van der Waals surface area contributed by atoms with E-state index >= 15 is 0 Å². The largest absolute Gasteiger partial charge is 0.348 e. The Morgan fingerprint density at radius 2 is 1.96 bits per heavy atom. The van der Waals surface area contributed by atoms with E-state index in [0.717, 1.165) is 32.0 Å². The molecule has 0 aliphatic heterocycles. The summed E-state index contributed by atoms with van der Waals surface area (Å²) in [6, 6.07) is 13.6. The van der Waals surface area contributed by atoms with E-state index in [-0.39, 0.29) is 5.91 Å². The molecular weight excluding hydrogens is 438 g/mol. The van der Waals surface area contributed by atoms with E-state index in [1.165, 1.54) is 11.3 Å². The average molecular weight is 456 g/mol. The molecule has 3 heterocycles.